The lowest BCUT2D eigenvalue weighted by Gasteiger charge is -2.21. The van der Waals surface area contributed by atoms with Crippen LogP contribution in [0.15, 0.2) is 158 Å². The van der Waals surface area contributed by atoms with E-state index in [1.165, 1.54) is 22.3 Å². The molecule has 0 saturated carbocycles. The molecule has 1 aliphatic carbocycles. The summed E-state index contributed by atoms with van der Waals surface area (Å²) in [5.41, 5.74) is 18.4. The van der Waals surface area contributed by atoms with E-state index in [9.17, 15) is 0 Å². The Balaban J connectivity index is 1.10. The van der Waals surface area contributed by atoms with Crippen molar-refractivity contribution in [3.8, 4) is 33.6 Å². The van der Waals surface area contributed by atoms with E-state index in [2.05, 4.69) is 190 Å². The van der Waals surface area contributed by atoms with Crippen molar-refractivity contribution < 1.29 is 0 Å². The lowest BCUT2D eigenvalue weighted by atomic mass is 9.82. The van der Waals surface area contributed by atoms with Gasteiger partial charge in [0.1, 0.15) is 0 Å². The smallest absolute Gasteiger partial charge is 0.220 e. The van der Waals surface area contributed by atoms with Gasteiger partial charge in [-0.3, -0.25) is 17.9 Å². The van der Waals surface area contributed by atoms with Gasteiger partial charge >= 0.3 is 0 Å². The second kappa shape index (κ2) is 10.1. The van der Waals surface area contributed by atoms with Crippen molar-refractivity contribution in [3.05, 3.63) is 169 Å². The average Bonchev–Trinajstić information content (AvgIpc) is 3.97. The molecule has 4 aromatic heterocycles. The van der Waals surface area contributed by atoms with Gasteiger partial charge in [0, 0.05) is 16.8 Å². The number of aromatic nitrogens is 6. The summed E-state index contributed by atoms with van der Waals surface area (Å²) in [5, 5.41) is 0. The highest BCUT2D eigenvalue weighted by atomic mass is 15.2. The zero-order chi connectivity index (χ0) is 35.0. The SMILES string of the molecule is CC1(C)c2ccccc2-c2cc(-n3c4ccc(-c5ccc6c(c5)n5c7ccccc7nc5n6-c5ccccc5)cc4n4c5ccccc5nc34)ccc21. The molecule has 53 heavy (non-hydrogen) atoms. The number of rotatable bonds is 3. The van der Waals surface area contributed by atoms with Crippen LogP contribution in [0.25, 0.3) is 89.3 Å². The summed E-state index contributed by atoms with van der Waals surface area (Å²) in [6, 6.07) is 56.8. The van der Waals surface area contributed by atoms with Crippen LogP contribution in [-0.2, 0) is 5.41 Å². The maximum absolute atomic E-state index is 5.24. The van der Waals surface area contributed by atoms with Gasteiger partial charge in [0.25, 0.3) is 0 Å². The van der Waals surface area contributed by atoms with E-state index in [0.717, 1.165) is 78.2 Å². The number of hydrogen-bond donors (Lipinski definition) is 0. The van der Waals surface area contributed by atoms with E-state index >= 15 is 0 Å². The first-order chi connectivity index (χ1) is 26.0. The summed E-state index contributed by atoms with van der Waals surface area (Å²) >= 11 is 0. The first kappa shape index (κ1) is 28.7. The van der Waals surface area contributed by atoms with E-state index in [4.69, 9.17) is 9.97 Å². The molecule has 4 heterocycles. The molecule has 0 atom stereocenters. The topological polar surface area (TPSA) is 44.5 Å². The van der Waals surface area contributed by atoms with E-state index in [0.29, 0.717) is 0 Å². The highest BCUT2D eigenvalue weighted by molar-refractivity contribution is 5.97. The molecule has 0 saturated heterocycles. The molecule has 0 bridgehead atoms. The Hall–Kier alpha value is -6.92. The Kier molecular flexibility index (Phi) is 5.48. The van der Waals surface area contributed by atoms with Crippen LogP contribution < -0.4 is 0 Å². The minimum Gasteiger partial charge on any atom is -0.278 e. The monoisotopic (exact) mass is 680 g/mol. The summed E-state index contributed by atoms with van der Waals surface area (Å²) in [7, 11) is 0. The van der Waals surface area contributed by atoms with E-state index in [1.807, 2.05) is 0 Å². The van der Waals surface area contributed by atoms with Gasteiger partial charge < -0.3 is 0 Å². The molecular weight excluding hydrogens is 649 g/mol. The Morgan fingerprint density at radius 1 is 0.396 bits per heavy atom. The van der Waals surface area contributed by atoms with Gasteiger partial charge in [0.05, 0.1) is 44.1 Å². The number of fused-ring (bicyclic) bond motifs is 13. The van der Waals surface area contributed by atoms with E-state index in [-0.39, 0.29) is 5.41 Å². The highest BCUT2D eigenvalue weighted by Crippen LogP contribution is 2.49. The van der Waals surface area contributed by atoms with Gasteiger partial charge in [0.15, 0.2) is 0 Å². The first-order valence-corrected chi connectivity index (χ1v) is 18.2. The number of imidazole rings is 4. The fourth-order valence-corrected chi connectivity index (χ4v) is 9.09. The molecule has 0 fully saturated rings. The molecule has 0 spiro atoms. The lowest BCUT2D eigenvalue weighted by molar-refractivity contribution is 0.660. The summed E-state index contributed by atoms with van der Waals surface area (Å²) in [5.74, 6) is 1.81. The van der Waals surface area contributed by atoms with E-state index in [1.54, 1.807) is 0 Å². The van der Waals surface area contributed by atoms with Crippen LogP contribution in [-0.4, -0.2) is 27.9 Å². The quantitative estimate of drug-likeness (QED) is 0.186. The van der Waals surface area contributed by atoms with Gasteiger partial charge in [-0.15, -0.1) is 0 Å². The van der Waals surface area contributed by atoms with Gasteiger partial charge in [0.2, 0.25) is 11.6 Å². The fourth-order valence-electron chi connectivity index (χ4n) is 9.09. The van der Waals surface area contributed by atoms with Crippen LogP contribution in [0, 0.1) is 0 Å². The van der Waals surface area contributed by atoms with E-state index < -0.39 is 0 Å². The number of hydrogen-bond acceptors (Lipinski definition) is 2. The predicted octanol–water partition coefficient (Wildman–Crippen LogP) is 11.1. The molecule has 1 aliphatic rings. The number of nitrogens with zero attached hydrogens (tertiary/aromatic N) is 6. The molecule has 12 rings (SSSR count). The number of benzene rings is 7. The van der Waals surface area contributed by atoms with Crippen molar-refractivity contribution >= 4 is 55.7 Å². The maximum Gasteiger partial charge on any atom is 0.220 e. The Morgan fingerprint density at radius 2 is 0.925 bits per heavy atom. The predicted molar refractivity (Wildman–Crippen MR) is 216 cm³/mol. The Labute approximate surface area is 304 Å². The molecule has 6 heteroatoms. The third-order valence-corrected chi connectivity index (χ3v) is 11.6. The van der Waals surface area contributed by atoms with Crippen LogP contribution >= 0.6 is 0 Å². The van der Waals surface area contributed by atoms with Crippen LogP contribution in [0.3, 0.4) is 0 Å². The minimum absolute atomic E-state index is 0.0484. The third-order valence-electron chi connectivity index (χ3n) is 11.6. The summed E-state index contributed by atoms with van der Waals surface area (Å²) < 4.78 is 9.22. The molecule has 6 nitrogen and oxygen atoms in total. The van der Waals surface area contributed by atoms with Crippen LogP contribution in [0.1, 0.15) is 25.0 Å². The molecular formula is C47H32N6. The molecule has 250 valence electrons. The molecule has 0 N–H and O–H groups in total. The van der Waals surface area contributed by atoms with Gasteiger partial charge in [-0.05, 0) is 106 Å². The maximum atomic E-state index is 5.24. The Morgan fingerprint density at radius 3 is 1.57 bits per heavy atom. The van der Waals surface area contributed by atoms with Crippen molar-refractivity contribution in [2.75, 3.05) is 0 Å². The van der Waals surface area contributed by atoms with Crippen molar-refractivity contribution in [2.24, 2.45) is 0 Å². The lowest BCUT2D eigenvalue weighted by Crippen LogP contribution is -2.14. The van der Waals surface area contributed by atoms with Gasteiger partial charge in [-0.2, -0.15) is 0 Å². The van der Waals surface area contributed by atoms with Crippen LogP contribution in [0.2, 0.25) is 0 Å². The summed E-state index contributed by atoms with van der Waals surface area (Å²) in [4.78, 5) is 10.4. The first-order valence-electron chi connectivity index (χ1n) is 18.2. The van der Waals surface area contributed by atoms with Crippen molar-refractivity contribution in [1.82, 2.24) is 27.9 Å². The van der Waals surface area contributed by atoms with Crippen molar-refractivity contribution in [2.45, 2.75) is 19.3 Å². The largest absolute Gasteiger partial charge is 0.278 e. The highest BCUT2D eigenvalue weighted by Gasteiger charge is 2.35. The van der Waals surface area contributed by atoms with Gasteiger partial charge in [-0.25, -0.2) is 9.97 Å². The zero-order valence-electron chi connectivity index (χ0n) is 29.2. The molecule has 0 aliphatic heterocycles. The van der Waals surface area contributed by atoms with Crippen molar-refractivity contribution in [1.29, 1.82) is 0 Å². The summed E-state index contributed by atoms with van der Waals surface area (Å²) in [6.45, 7) is 4.66. The molecule has 0 amide bonds. The normalized spacial score (nSPS) is 13.6. The molecule has 7 aromatic carbocycles. The second-order valence-electron chi connectivity index (χ2n) is 14.8. The zero-order valence-corrected chi connectivity index (χ0v) is 29.2. The Bertz CT molecular complexity index is 3310. The molecule has 0 unspecified atom stereocenters. The summed E-state index contributed by atoms with van der Waals surface area (Å²) in [6.07, 6.45) is 0. The third kappa shape index (κ3) is 3.76. The van der Waals surface area contributed by atoms with Gasteiger partial charge in [-0.1, -0.05) is 98.8 Å². The second-order valence-corrected chi connectivity index (χ2v) is 14.8. The van der Waals surface area contributed by atoms with Crippen LogP contribution in [0.4, 0.5) is 0 Å². The molecule has 11 aromatic rings. The molecule has 0 radical (unpaired) electrons. The van der Waals surface area contributed by atoms with Crippen molar-refractivity contribution in [3.63, 3.8) is 0 Å². The minimum atomic E-state index is -0.0484. The average molecular weight is 681 g/mol. The fraction of sp³-hybridized carbons (Fsp3) is 0.0638. The standard InChI is InChI=1S/C47H32N6/c1-47(2)35-15-7-6-14-33(35)34-28-32(22-23-36(34)47)51-42-25-21-30(27-44(42)53-40-19-11-9-17-38(40)49-46(51)53)29-20-24-41-43(26-29)52-39-18-10-8-16-37(39)48-45(52)50(41)31-12-4-3-5-13-31/h3-28H,1-2H3. The van der Waals surface area contributed by atoms with Crippen LogP contribution in [0.5, 0.6) is 0 Å². The number of para-hydroxylation sites is 5.